The quantitative estimate of drug-likeness (QED) is 0.190. The maximum atomic E-state index is 13.2. The van der Waals surface area contributed by atoms with Crippen LogP contribution in [0.4, 0.5) is 0 Å². The molecule has 2 N–H and O–H groups in total. The summed E-state index contributed by atoms with van der Waals surface area (Å²) in [5.74, 6) is 1.13. The van der Waals surface area contributed by atoms with Crippen molar-refractivity contribution >= 4 is 26.7 Å². The number of rotatable bonds is 12. The summed E-state index contributed by atoms with van der Waals surface area (Å²) in [6.07, 6.45) is 3.47. The van der Waals surface area contributed by atoms with Gasteiger partial charge in [-0.3, -0.25) is 9.78 Å². The molecule has 0 saturated carbocycles. The van der Waals surface area contributed by atoms with Crippen LogP contribution >= 0.6 is 11.3 Å². The highest BCUT2D eigenvalue weighted by Crippen LogP contribution is 2.42. The molecule has 0 aliphatic carbocycles. The fourth-order valence-corrected chi connectivity index (χ4v) is 7.41. The van der Waals surface area contributed by atoms with Crippen molar-refractivity contribution in [3.63, 3.8) is 0 Å². The van der Waals surface area contributed by atoms with Gasteiger partial charge in [0.1, 0.15) is 11.5 Å². The van der Waals surface area contributed by atoms with Crippen molar-refractivity contribution in [3.8, 4) is 27.8 Å². The number of hydrogen-bond donors (Lipinski definition) is 2. The molecule has 0 spiro atoms. The van der Waals surface area contributed by atoms with Gasteiger partial charge in [-0.1, -0.05) is 55.0 Å². The summed E-state index contributed by atoms with van der Waals surface area (Å²) < 4.78 is 38.3. The van der Waals surface area contributed by atoms with E-state index in [1.165, 1.54) is 11.0 Å². The van der Waals surface area contributed by atoms with E-state index in [2.05, 4.69) is 17.1 Å². The maximum absolute atomic E-state index is 13.2. The molecule has 0 bridgehead atoms. The summed E-state index contributed by atoms with van der Waals surface area (Å²) in [6.45, 7) is 2.83. The van der Waals surface area contributed by atoms with Crippen LogP contribution in [0.15, 0.2) is 81.8 Å². The molecule has 1 aliphatic rings. The van der Waals surface area contributed by atoms with E-state index in [1.54, 1.807) is 24.3 Å². The third kappa shape index (κ3) is 6.16. The van der Waals surface area contributed by atoms with Crippen LogP contribution in [0.3, 0.4) is 0 Å². The van der Waals surface area contributed by atoms with Crippen molar-refractivity contribution in [1.29, 1.82) is 0 Å². The van der Waals surface area contributed by atoms with Crippen LogP contribution < -0.4 is 14.3 Å². The Morgan fingerprint density at radius 1 is 0.900 bits per heavy atom. The molecule has 0 atom stereocenters. The van der Waals surface area contributed by atoms with Crippen LogP contribution in [0.5, 0.6) is 17.4 Å². The first-order valence-electron chi connectivity index (χ1n) is 13.3. The molecule has 7 nitrogen and oxygen atoms in total. The second-order valence-electron chi connectivity index (χ2n) is 9.61. The van der Waals surface area contributed by atoms with Gasteiger partial charge in [0.15, 0.2) is 0 Å². The van der Waals surface area contributed by atoms with Gasteiger partial charge < -0.3 is 14.6 Å². The highest BCUT2D eigenvalue weighted by atomic mass is 32.2. The highest BCUT2D eigenvalue weighted by molar-refractivity contribution is 7.95. The number of benzene rings is 3. The van der Waals surface area contributed by atoms with E-state index in [0.717, 1.165) is 46.4 Å². The number of allylic oxidation sites excluding steroid dienone is 1. The fourth-order valence-electron chi connectivity index (χ4n) is 4.89. The van der Waals surface area contributed by atoms with Gasteiger partial charge in [0.2, 0.25) is 15.7 Å². The van der Waals surface area contributed by atoms with Gasteiger partial charge >= 0.3 is 4.87 Å². The predicted molar refractivity (Wildman–Crippen MR) is 158 cm³/mol. The van der Waals surface area contributed by atoms with E-state index >= 15 is 0 Å². The summed E-state index contributed by atoms with van der Waals surface area (Å²) in [5, 5.41) is 11.3. The van der Waals surface area contributed by atoms with Crippen LogP contribution in [0.1, 0.15) is 42.9 Å². The van der Waals surface area contributed by atoms with Gasteiger partial charge in [-0.15, -0.1) is 0 Å². The minimum atomic E-state index is -3.53. The molecule has 0 amide bonds. The van der Waals surface area contributed by atoms with Gasteiger partial charge in [-0.25, -0.2) is 8.42 Å². The van der Waals surface area contributed by atoms with Crippen molar-refractivity contribution < 1.29 is 23.0 Å². The average molecular weight is 578 g/mol. The SMILES string of the molecule is CCCc1c(OCCCOc2ccc(-c3sc(=O)[nH]c3O)cc2)ccc2c1S(=O)(=O)C=C2CCc1ccccc1. The number of hydrogen-bond acceptors (Lipinski definition) is 7. The molecule has 0 fully saturated rings. The molecular weight excluding hydrogens is 546 g/mol. The number of thiazole rings is 1. The molecule has 4 aromatic rings. The van der Waals surface area contributed by atoms with Gasteiger partial charge in [-0.2, -0.15) is 0 Å². The number of fused-ring (bicyclic) bond motifs is 1. The Bertz CT molecular complexity index is 1670. The van der Waals surface area contributed by atoms with Gasteiger partial charge in [0, 0.05) is 17.4 Å². The molecule has 9 heteroatoms. The van der Waals surface area contributed by atoms with E-state index in [1.807, 2.05) is 37.3 Å². The van der Waals surface area contributed by atoms with E-state index < -0.39 is 9.84 Å². The summed E-state index contributed by atoms with van der Waals surface area (Å²) in [5.41, 5.74) is 4.29. The Balaban J connectivity index is 1.20. The Labute approximate surface area is 237 Å². The molecule has 1 aliphatic heterocycles. The summed E-state index contributed by atoms with van der Waals surface area (Å²) in [6, 6.07) is 21.0. The standard InChI is InChI=1S/C31H31NO6S2/c1-2-7-26-27(17-16-25-23(20-40(35,36)29(25)26)11-10-21-8-4-3-5-9-21)38-19-6-18-37-24-14-12-22(13-15-24)28-30(33)32-31(34)39-28/h3-5,8-9,12-17,20,33H,2,6-7,10-11,18-19H2,1H3,(H,32,34). The Hall–Kier alpha value is -3.82. The summed E-state index contributed by atoms with van der Waals surface area (Å²) >= 11 is 0.949. The lowest BCUT2D eigenvalue weighted by molar-refractivity contribution is 0.245. The molecule has 3 aromatic carbocycles. The van der Waals surface area contributed by atoms with Crippen molar-refractivity contribution in [2.75, 3.05) is 13.2 Å². The zero-order valence-corrected chi connectivity index (χ0v) is 23.8. The monoisotopic (exact) mass is 577 g/mol. The summed E-state index contributed by atoms with van der Waals surface area (Å²) in [4.78, 5) is 14.4. The van der Waals surface area contributed by atoms with Crippen molar-refractivity contribution in [3.05, 3.63) is 98.5 Å². The van der Waals surface area contributed by atoms with E-state index in [-0.39, 0.29) is 10.8 Å². The van der Waals surface area contributed by atoms with Crippen LogP contribution in [-0.2, 0) is 22.7 Å². The second kappa shape index (κ2) is 12.1. The van der Waals surface area contributed by atoms with E-state index in [9.17, 15) is 18.3 Å². The number of aromatic nitrogens is 1. The van der Waals surface area contributed by atoms with Crippen LogP contribution in [0, 0.1) is 0 Å². The van der Waals surface area contributed by atoms with Crippen molar-refractivity contribution in [1.82, 2.24) is 4.98 Å². The highest BCUT2D eigenvalue weighted by Gasteiger charge is 2.31. The average Bonchev–Trinajstić information content (AvgIpc) is 3.43. The lowest BCUT2D eigenvalue weighted by Crippen LogP contribution is -2.08. The zero-order chi connectivity index (χ0) is 28.1. The molecule has 1 aromatic heterocycles. The second-order valence-corrected chi connectivity index (χ2v) is 12.3. The minimum absolute atomic E-state index is 0.137. The van der Waals surface area contributed by atoms with Crippen LogP contribution in [0.25, 0.3) is 16.0 Å². The third-order valence-electron chi connectivity index (χ3n) is 6.73. The molecule has 2 heterocycles. The van der Waals surface area contributed by atoms with Crippen LogP contribution in [-0.4, -0.2) is 31.7 Å². The molecular formula is C31H31NO6S2. The molecule has 0 saturated heterocycles. The topological polar surface area (TPSA) is 106 Å². The first-order chi connectivity index (χ1) is 19.4. The smallest absolute Gasteiger partial charge is 0.307 e. The first-order valence-corrected chi connectivity index (χ1v) is 15.7. The van der Waals surface area contributed by atoms with E-state index in [4.69, 9.17) is 9.47 Å². The van der Waals surface area contributed by atoms with Gasteiger partial charge in [0.05, 0.1) is 23.0 Å². The minimum Gasteiger partial charge on any atom is -0.493 e. The molecule has 0 radical (unpaired) electrons. The number of aromatic amines is 1. The van der Waals surface area contributed by atoms with Gasteiger partial charge in [0.25, 0.3) is 0 Å². The molecule has 40 heavy (non-hydrogen) atoms. The van der Waals surface area contributed by atoms with Crippen LogP contribution in [0.2, 0.25) is 0 Å². The van der Waals surface area contributed by atoms with Gasteiger partial charge in [-0.05, 0) is 77.9 Å². The number of aryl methyl sites for hydroxylation is 1. The Morgan fingerprint density at radius 2 is 1.65 bits per heavy atom. The predicted octanol–water partition coefficient (Wildman–Crippen LogP) is 6.37. The van der Waals surface area contributed by atoms with Crippen molar-refractivity contribution in [2.24, 2.45) is 0 Å². The first kappa shape index (κ1) is 27.7. The zero-order valence-electron chi connectivity index (χ0n) is 22.2. The molecule has 0 unspecified atom stereocenters. The molecule has 208 valence electrons. The third-order valence-corrected chi connectivity index (χ3v) is 9.28. The maximum Gasteiger partial charge on any atom is 0.307 e. The number of nitrogens with one attached hydrogen (secondary N) is 1. The number of sulfone groups is 1. The van der Waals surface area contributed by atoms with E-state index in [0.29, 0.717) is 53.7 Å². The Kier molecular flexibility index (Phi) is 8.42. The summed E-state index contributed by atoms with van der Waals surface area (Å²) in [7, 11) is -3.53. The number of H-pyrrole nitrogens is 1. The Morgan fingerprint density at radius 3 is 2.35 bits per heavy atom. The number of aromatic hydroxyl groups is 1. The largest absolute Gasteiger partial charge is 0.493 e. The van der Waals surface area contributed by atoms with Crippen molar-refractivity contribution in [2.45, 2.75) is 43.9 Å². The number of ether oxygens (including phenoxy) is 2. The molecule has 5 rings (SSSR count). The lowest BCUT2D eigenvalue weighted by Gasteiger charge is -2.16. The normalized spacial score (nSPS) is 13.6. The fraction of sp³-hybridized carbons (Fsp3) is 0.258. The lowest BCUT2D eigenvalue weighted by atomic mass is 9.96.